The number of amides is 3. The van der Waals surface area contributed by atoms with E-state index in [4.69, 9.17) is 0 Å². The molecular weight excluding hydrogens is 522 g/mol. The lowest BCUT2D eigenvalue weighted by molar-refractivity contribution is -0.122. The van der Waals surface area contributed by atoms with E-state index in [0.717, 1.165) is 33.0 Å². The standard InChI is InChI=1S/C36H25N3O3/c40-33(23-12-2-1-3-13-23)38-37-21-36-27-18-8-6-16-25(27)30(26-17-7-9-19-28(26)36)31-32(36)35(42)39(34(31)41)29-20-10-14-22-11-4-5-15-24(22)29/h1-21,30-32H,(H,38,40)/b37-21-/t30?,31-,32-,36?/m0/s1. The average Bonchev–Trinajstić information content (AvgIpc) is 3.31. The van der Waals surface area contributed by atoms with Crippen molar-refractivity contribution in [2.45, 2.75) is 11.3 Å². The minimum absolute atomic E-state index is 0.207. The van der Waals surface area contributed by atoms with Gasteiger partial charge >= 0.3 is 0 Å². The Bertz CT molecular complexity index is 1910. The summed E-state index contributed by atoms with van der Waals surface area (Å²) in [5.74, 6) is -2.42. The van der Waals surface area contributed by atoms with E-state index in [0.29, 0.717) is 11.3 Å². The second kappa shape index (κ2) is 9.08. The lowest BCUT2D eigenvalue weighted by Gasteiger charge is -2.52. The number of carbonyl (C=O) groups excluding carboxylic acids is 3. The Morgan fingerprint density at radius 1 is 0.714 bits per heavy atom. The van der Waals surface area contributed by atoms with Crippen LogP contribution in [0.4, 0.5) is 5.69 Å². The van der Waals surface area contributed by atoms with E-state index < -0.39 is 17.3 Å². The number of carbonyl (C=O) groups is 3. The van der Waals surface area contributed by atoms with Crippen molar-refractivity contribution in [3.63, 3.8) is 0 Å². The predicted molar refractivity (Wildman–Crippen MR) is 161 cm³/mol. The number of benzene rings is 5. The van der Waals surface area contributed by atoms with E-state index in [1.165, 1.54) is 4.90 Å². The van der Waals surface area contributed by atoms with Crippen LogP contribution in [0.2, 0.25) is 0 Å². The fourth-order valence-corrected chi connectivity index (χ4v) is 7.54. The highest BCUT2D eigenvalue weighted by molar-refractivity contribution is 6.27. The quantitative estimate of drug-likeness (QED) is 0.175. The summed E-state index contributed by atoms with van der Waals surface area (Å²) in [6.45, 7) is 0. The molecule has 4 aliphatic rings. The zero-order valence-electron chi connectivity index (χ0n) is 22.5. The highest BCUT2D eigenvalue weighted by Crippen LogP contribution is 2.63. The van der Waals surface area contributed by atoms with Gasteiger partial charge in [0.2, 0.25) is 11.8 Å². The van der Waals surface area contributed by atoms with Crippen molar-refractivity contribution in [3.8, 4) is 0 Å². The number of nitrogens with zero attached hydrogens (tertiary/aromatic N) is 2. The van der Waals surface area contributed by atoms with Crippen LogP contribution in [0.15, 0.2) is 126 Å². The van der Waals surface area contributed by atoms with Crippen molar-refractivity contribution in [2.24, 2.45) is 16.9 Å². The largest absolute Gasteiger partial charge is 0.274 e. The molecule has 1 heterocycles. The summed E-state index contributed by atoms with van der Waals surface area (Å²) in [4.78, 5) is 43.5. The van der Waals surface area contributed by atoms with Crippen molar-refractivity contribution in [1.82, 2.24) is 5.43 Å². The van der Waals surface area contributed by atoms with Crippen LogP contribution < -0.4 is 10.3 Å². The van der Waals surface area contributed by atoms with Gasteiger partial charge in [0.25, 0.3) is 5.91 Å². The van der Waals surface area contributed by atoms with Crippen LogP contribution in [0, 0.1) is 11.8 Å². The van der Waals surface area contributed by atoms with Gasteiger partial charge in [-0.2, -0.15) is 5.10 Å². The Labute approximate surface area is 242 Å². The van der Waals surface area contributed by atoms with Crippen molar-refractivity contribution < 1.29 is 14.4 Å². The number of hydrogen-bond acceptors (Lipinski definition) is 4. The maximum Gasteiger partial charge on any atom is 0.271 e. The summed E-state index contributed by atoms with van der Waals surface area (Å²) in [6.07, 6.45) is 1.69. The molecule has 1 fully saturated rings. The van der Waals surface area contributed by atoms with E-state index in [1.807, 2.05) is 84.9 Å². The minimum Gasteiger partial charge on any atom is -0.274 e. The number of nitrogens with one attached hydrogen (secondary N) is 1. The summed E-state index contributed by atoms with van der Waals surface area (Å²) < 4.78 is 0. The Morgan fingerprint density at radius 3 is 2.07 bits per heavy atom. The third kappa shape index (κ3) is 3.20. The summed E-state index contributed by atoms with van der Waals surface area (Å²) in [5, 5.41) is 6.30. The lowest BCUT2D eigenvalue weighted by Crippen LogP contribution is -2.54. The van der Waals surface area contributed by atoms with Crippen LogP contribution in [-0.2, 0) is 15.0 Å². The summed E-state index contributed by atoms with van der Waals surface area (Å²) in [7, 11) is 0. The fraction of sp³-hybridized carbons (Fsp3) is 0.111. The first kappa shape index (κ1) is 24.4. The van der Waals surface area contributed by atoms with Gasteiger partial charge in [-0.05, 0) is 45.8 Å². The van der Waals surface area contributed by atoms with Crippen molar-refractivity contribution in [2.75, 3.05) is 4.90 Å². The summed E-state index contributed by atoms with van der Waals surface area (Å²) in [5.41, 5.74) is 6.60. The fourth-order valence-electron chi connectivity index (χ4n) is 7.54. The van der Waals surface area contributed by atoms with Crippen LogP contribution in [0.1, 0.15) is 38.5 Å². The normalized spacial score (nSPS) is 23.6. The Hall–Kier alpha value is -5.36. The molecule has 2 atom stereocenters. The molecule has 2 bridgehead atoms. The minimum atomic E-state index is -1.05. The molecule has 3 aliphatic carbocycles. The van der Waals surface area contributed by atoms with Crippen LogP contribution in [0.3, 0.4) is 0 Å². The number of fused-ring (bicyclic) bond motifs is 1. The first-order valence-electron chi connectivity index (χ1n) is 14.1. The lowest BCUT2D eigenvalue weighted by atomic mass is 9.47. The first-order chi connectivity index (χ1) is 20.6. The number of anilines is 1. The summed E-state index contributed by atoms with van der Waals surface area (Å²) in [6, 6.07) is 38.4. The monoisotopic (exact) mass is 547 g/mol. The number of rotatable bonds is 4. The van der Waals surface area contributed by atoms with E-state index in [-0.39, 0.29) is 23.6 Å². The smallest absolute Gasteiger partial charge is 0.271 e. The van der Waals surface area contributed by atoms with E-state index in [9.17, 15) is 14.4 Å². The average molecular weight is 548 g/mol. The van der Waals surface area contributed by atoms with Crippen molar-refractivity contribution in [1.29, 1.82) is 0 Å². The van der Waals surface area contributed by atoms with Crippen LogP contribution >= 0.6 is 0 Å². The third-order valence-electron chi connectivity index (χ3n) is 9.16. The molecule has 0 aromatic heterocycles. The van der Waals surface area contributed by atoms with Gasteiger partial charge in [-0.25, -0.2) is 10.3 Å². The van der Waals surface area contributed by atoms with Crippen LogP contribution in [-0.4, -0.2) is 23.9 Å². The molecule has 3 amide bonds. The molecule has 5 aromatic rings. The highest BCUT2D eigenvalue weighted by Gasteiger charge is 2.68. The third-order valence-corrected chi connectivity index (χ3v) is 9.16. The molecule has 42 heavy (non-hydrogen) atoms. The number of hydrogen-bond donors (Lipinski definition) is 1. The molecule has 1 N–H and O–H groups in total. The molecule has 9 rings (SSSR count). The van der Waals surface area contributed by atoms with E-state index >= 15 is 0 Å². The molecule has 1 aliphatic heterocycles. The van der Waals surface area contributed by atoms with E-state index in [2.05, 4.69) is 22.7 Å². The molecule has 0 spiro atoms. The molecule has 6 heteroatoms. The van der Waals surface area contributed by atoms with Crippen molar-refractivity contribution in [3.05, 3.63) is 149 Å². The molecule has 5 aromatic carbocycles. The van der Waals surface area contributed by atoms with Gasteiger partial charge in [0.1, 0.15) is 0 Å². The molecule has 202 valence electrons. The molecule has 1 saturated heterocycles. The van der Waals surface area contributed by atoms with Gasteiger partial charge < -0.3 is 0 Å². The predicted octanol–water partition coefficient (Wildman–Crippen LogP) is 5.81. The molecule has 0 unspecified atom stereocenters. The van der Waals surface area contributed by atoms with Gasteiger partial charge in [-0.15, -0.1) is 0 Å². The molecular formula is C36H25N3O3. The van der Waals surface area contributed by atoms with Gasteiger partial charge in [0, 0.05) is 23.1 Å². The Balaban J connectivity index is 1.33. The summed E-state index contributed by atoms with van der Waals surface area (Å²) >= 11 is 0. The topological polar surface area (TPSA) is 78.8 Å². The van der Waals surface area contributed by atoms with E-state index in [1.54, 1.807) is 30.5 Å². The SMILES string of the molecule is O=C(N/N=C\C12c3ccccc3C(c3ccccc31)[C@@H]1C(=O)N(c3cccc4ccccc34)C(=O)[C@H]12)c1ccccc1. The molecule has 0 saturated carbocycles. The van der Waals surface area contributed by atoms with Crippen LogP contribution in [0.25, 0.3) is 10.8 Å². The maximum absolute atomic E-state index is 14.7. The maximum atomic E-state index is 14.7. The molecule has 6 nitrogen and oxygen atoms in total. The van der Waals surface area contributed by atoms with Gasteiger partial charge in [0.05, 0.1) is 22.9 Å². The Kier molecular flexibility index (Phi) is 5.28. The second-order valence-electron chi connectivity index (χ2n) is 11.1. The van der Waals surface area contributed by atoms with Gasteiger partial charge in [-0.3, -0.25) is 14.4 Å². The number of imide groups is 1. The highest BCUT2D eigenvalue weighted by atomic mass is 16.2. The number of hydrazone groups is 1. The van der Waals surface area contributed by atoms with Crippen LogP contribution in [0.5, 0.6) is 0 Å². The zero-order valence-corrected chi connectivity index (χ0v) is 22.5. The van der Waals surface area contributed by atoms with Crippen molar-refractivity contribution >= 4 is 40.4 Å². The van der Waals surface area contributed by atoms with Gasteiger partial charge in [0.15, 0.2) is 0 Å². The van der Waals surface area contributed by atoms with Gasteiger partial charge in [-0.1, -0.05) is 103 Å². The Morgan fingerprint density at radius 2 is 1.33 bits per heavy atom. The first-order valence-corrected chi connectivity index (χ1v) is 14.1. The molecule has 0 radical (unpaired) electrons. The zero-order chi connectivity index (χ0) is 28.4. The second-order valence-corrected chi connectivity index (χ2v) is 11.1.